The van der Waals surface area contributed by atoms with Crippen LogP contribution in [0.4, 0.5) is 0 Å². The third-order valence-corrected chi connectivity index (χ3v) is 13.6. The lowest BCUT2D eigenvalue weighted by Crippen LogP contribution is -2.62. The van der Waals surface area contributed by atoms with Gasteiger partial charge in [0.2, 0.25) is 59.1 Å². The average molecular weight is 1020 g/mol. The van der Waals surface area contributed by atoms with Gasteiger partial charge >= 0.3 is 5.97 Å². The molecule has 10 atom stereocenters. The van der Waals surface area contributed by atoms with Crippen LogP contribution in [0.1, 0.15) is 126 Å². The summed E-state index contributed by atoms with van der Waals surface area (Å²) in [5, 5.41) is 30.6. The molecule has 0 spiro atoms. The lowest BCUT2D eigenvalue weighted by molar-refractivity contribution is -0.143. The number of carboxylic acid groups (broad SMARTS) is 1. The Morgan fingerprint density at radius 2 is 1.21 bits per heavy atom. The number of rotatable bonds is 28. The van der Waals surface area contributed by atoms with Crippen LogP contribution in [0.15, 0.2) is 12.2 Å². The Balaban J connectivity index is 1.76. The minimum Gasteiger partial charge on any atom is -0.480 e. The Morgan fingerprint density at radius 3 is 1.74 bits per heavy atom. The van der Waals surface area contributed by atoms with Crippen LogP contribution >= 0.6 is 0 Å². The smallest absolute Gasteiger partial charge is 0.322 e. The van der Waals surface area contributed by atoms with Crippen LogP contribution in [0.25, 0.3) is 0 Å². The van der Waals surface area contributed by atoms with Crippen LogP contribution in [-0.2, 0) is 52.7 Å². The van der Waals surface area contributed by atoms with Gasteiger partial charge in [-0.1, -0.05) is 74.3 Å². The molecule has 0 aromatic heterocycles. The molecule has 3 fully saturated rings. The monoisotopic (exact) mass is 1020 g/mol. The summed E-state index contributed by atoms with van der Waals surface area (Å²) in [6.07, 6.45) is 6.24. The molecule has 3 saturated heterocycles. The second-order valence-electron chi connectivity index (χ2n) is 20.0. The van der Waals surface area contributed by atoms with Crippen molar-refractivity contribution in [2.45, 2.75) is 174 Å². The first-order valence-corrected chi connectivity index (χ1v) is 25.6. The highest BCUT2D eigenvalue weighted by atomic mass is 16.4. The number of aliphatic carboxylic acids is 1. The predicted molar refractivity (Wildman–Crippen MR) is 265 cm³/mol. The summed E-state index contributed by atoms with van der Waals surface area (Å²) < 4.78 is 0. The summed E-state index contributed by atoms with van der Waals surface area (Å²) in [7, 11) is 0. The first-order chi connectivity index (χ1) is 34.0. The summed E-state index contributed by atoms with van der Waals surface area (Å²) >= 11 is 0. The van der Waals surface area contributed by atoms with Crippen LogP contribution < -0.4 is 48.3 Å². The van der Waals surface area contributed by atoms with E-state index in [0.29, 0.717) is 45.1 Å². The number of carboxylic acids is 1. The second kappa shape index (κ2) is 29.4. The molecular formula is C49H81N11O12. The molecule has 0 aliphatic carbocycles. The number of carbonyl (C=O) groups excluding carboxylic acids is 10. The molecule has 10 amide bonds. The molecule has 3 aliphatic rings. The van der Waals surface area contributed by atoms with Crippen molar-refractivity contribution < 1.29 is 57.8 Å². The summed E-state index contributed by atoms with van der Waals surface area (Å²) in [6.45, 7) is 15.0. The van der Waals surface area contributed by atoms with E-state index in [-0.39, 0.29) is 56.6 Å². The Labute approximate surface area is 422 Å². The van der Waals surface area contributed by atoms with Gasteiger partial charge in [0.25, 0.3) is 0 Å². The molecule has 3 aliphatic heterocycles. The van der Waals surface area contributed by atoms with Gasteiger partial charge in [0, 0.05) is 32.1 Å². The quantitative estimate of drug-likeness (QED) is 0.0425. The molecule has 0 aromatic carbocycles. The van der Waals surface area contributed by atoms with E-state index < -0.39 is 126 Å². The highest BCUT2D eigenvalue weighted by molar-refractivity contribution is 5.98. The van der Waals surface area contributed by atoms with E-state index in [1.54, 1.807) is 39.5 Å². The van der Waals surface area contributed by atoms with Crippen molar-refractivity contribution in [3.05, 3.63) is 12.2 Å². The number of nitrogens with zero attached hydrogens (tertiary/aromatic N) is 2. The lowest BCUT2D eigenvalue weighted by Gasteiger charge is -2.33. The molecule has 0 bridgehead atoms. The minimum atomic E-state index is -1.29. The SMILES string of the molecule is CC[C@H](C)[C@H](NC(=O)[C@@H](NC(=O)[C@@H]1CCCN1C(=O)[C@@H]1CCCN1)C(C)C)C(=O)N[C@@H](CC(C)C)C(=O)N1CCC[C@H]1C(=O)N[C@H](C(=O)N[C@@H](CCC(N)=O)C(=O)NC/C=C/C(=O)NCC(=O)O)[C@@H](C)CC. The standard InChI is InChI=1S/C49H81N11O12/c1-9-29(7)40(46(69)54-31(19-20-36(50)61)42(65)52-22-12-18-37(62)53-26-38(63)64)57-44(67)35-17-14-24-60(35)49(72)33(25-27(3)4)55-47(70)41(30(8)10-2)58-45(68)39(28(5)6)56-43(66)34-16-13-23-59(34)48(71)32-15-11-21-51-32/h12,18,27-35,39-41,51H,9-11,13-17,19-26H2,1-8H3,(H2,50,61)(H,52,65)(H,53,62)(H,54,69)(H,55,70)(H,56,66)(H,57,67)(H,58,68)(H,63,64)/b18-12+/t29-,30-,31-,32-,33-,34-,35-,39-,40-,41-/m0/s1. The summed E-state index contributed by atoms with van der Waals surface area (Å²) in [6, 6.07) is -7.85. The zero-order valence-electron chi connectivity index (χ0n) is 43.3. The number of amides is 10. The van der Waals surface area contributed by atoms with Gasteiger partial charge in [0.05, 0.1) is 6.04 Å². The van der Waals surface area contributed by atoms with E-state index in [9.17, 15) is 52.7 Å². The Bertz CT molecular complexity index is 1970. The molecule has 404 valence electrons. The zero-order valence-corrected chi connectivity index (χ0v) is 43.3. The van der Waals surface area contributed by atoms with Crippen molar-refractivity contribution in [2.75, 3.05) is 32.7 Å². The van der Waals surface area contributed by atoms with Gasteiger partial charge in [-0.05, 0) is 81.6 Å². The van der Waals surface area contributed by atoms with E-state index in [1.165, 1.54) is 11.0 Å². The molecule has 11 N–H and O–H groups in total. The van der Waals surface area contributed by atoms with E-state index in [2.05, 4.69) is 42.5 Å². The number of hydrogen-bond acceptors (Lipinski definition) is 12. The largest absolute Gasteiger partial charge is 0.480 e. The third-order valence-electron chi connectivity index (χ3n) is 13.6. The van der Waals surface area contributed by atoms with Gasteiger partial charge in [0.1, 0.15) is 48.8 Å². The van der Waals surface area contributed by atoms with E-state index in [0.717, 1.165) is 19.0 Å². The normalized spacial score (nSPS) is 20.7. The topological polar surface area (TPSA) is 337 Å². The van der Waals surface area contributed by atoms with Crippen LogP contribution in [0.3, 0.4) is 0 Å². The first-order valence-electron chi connectivity index (χ1n) is 25.6. The average Bonchev–Trinajstić information content (AvgIpc) is 4.16. The van der Waals surface area contributed by atoms with Gasteiger partial charge in [0.15, 0.2) is 0 Å². The van der Waals surface area contributed by atoms with Crippen LogP contribution in [0.5, 0.6) is 0 Å². The number of nitrogens with one attached hydrogen (secondary N) is 8. The van der Waals surface area contributed by atoms with Crippen molar-refractivity contribution in [3.8, 4) is 0 Å². The van der Waals surface area contributed by atoms with Gasteiger partial charge in [-0.2, -0.15) is 0 Å². The maximum Gasteiger partial charge on any atom is 0.322 e. The number of hydrogen-bond donors (Lipinski definition) is 10. The summed E-state index contributed by atoms with van der Waals surface area (Å²) in [4.78, 5) is 148. The Hall–Kier alpha value is -6.13. The van der Waals surface area contributed by atoms with Crippen LogP contribution in [0, 0.1) is 23.7 Å². The van der Waals surface area contributed by atoms with Gasteiger partial charge < -0.3 is 63.2 Å². The number of carbonyl (C=O) groups is 11. The maximum atomic E-state index is 14.5. The first kappa shape index (κ1) is 60.2. The van der Waals surface area contributed by atoms with E-state index in [1.807, 2.05) is 20.8 Å². The fourth-order valence-corrected chi connectivity index (χ4v) is 9.02. The molecule has 0 aromatic rings. The fraction of sp³-hybridized carbons (Fsp3) is 0.735. The van der Waals surface area contributed by atoms with Crippen LogP contribution in [-0.4, -0.2) is 161 Å². The number of primary amides is 1. The van der Waals surface area contributed by atoms with E-state index in [4.69, 9.17) is 10.8 Å². The van der Waals surface area contributed by atoms with Crippen molar-refractivity contribution in [2.24, 2.45) is 29.4 Å². The van der Waals surface area contributed by atoms with Crippen molar-refractivity contribution in [1.82, 2.24) is 52.3 Å². The summed E-state index contributed by atoms with van der Waals surface area (Å²) in [5.74, 6) is -8.48. The van der Waals surface area contributed by atoms with Crippen LogP contribution in [0.2, 0.25) is 0 Å². The second-order valence-corrected chi connectivity index (χ2v) is 20.0. The van der Waals surface area contributed by atoms with Gasteiger partial charge in [-0.3, -0.25) is 52.7 Å². The zero-order chi connectivity index (χ0) is 53.8. The fourth-order valence-electron chi connectivity index (χ4n) is 9.02. The minimum absolute atomic E-state index is 0.102. The van der Waals surface area contributed by atoms with Gasteiger partial charge in [-0.15, -0.1) is 0 Å². The van der Waals surface area contributed by atoms with Crippen molar-refractivity contribution in [3.63, 3.8) is 0 Å². The number of nitrogens with two attached hydrogens (primary N) is 1. The molecule has 23 nitrogen and oxygen atoms in total. The van der Waals surface area contributed by atoms with E-state index >= 15 is 0 Å². The lowest BCUT2D eigenvalue weighted by atomic mass is 9.95. The van der Waals surface area contributed by atoms with Gasteiger partial charge in [-0.25, -0.2) is 0 Å². The molecule has 0 saturated carbocycles. The molecule has 3 heterocycles. The molecule has 72 heavy (non-hydrogen) atoms. The summed E-state index contributed by atoms with van der Waals surface area (Å²) in [5.41, 5.74) is 5.35. The third kappa shape index (κ3) is 18.2. The number of likely N-dealkylation sites (tertiary alicyclic amines) is 2. The Kier molecular flexibility index (Phi) is 24.6. The highest BCUT2D eigenvalue weighted by Crippen LogP contribution is 2.24. The Morgan fingerprint density at radius 1 is 0.667 bits per heavy atom. The maximum absolute atomic E-state index is 14.5. The molecule has 23 heteroatoms. The molecular weight excluding hydrogens is 935 g/mol. The van der Waals surface area contributed by atoms with Crippen molar-refractivity contribution >= 4 is 65.0 Å². The molecule has 3 rings (SSSR count). The molecule has 0 unspecified atom stereocenters. The predicted octanol–water partition coefficient (Wildman–Crippen LogP) is -0.923. The molecule has 0 radical (unpaired) electrons. The van der Waals surface area contributed by atoms with Crippen molar-refractivity contribution in [1.29, 1.82) is 0 Å². The highest BCUT2D eigenvalue weighted by Gasteiger charge is 2.43.